The van der Waals surface area contributed by atoms with Gasteiger partial charge in [-0.3, -0.25) is 9.36 Å². The lowest BCUT2D eigenvalue weighted by atomic mass is 10.1. The van der Waals surface area contributed by atoms with Crippen molar-refractivity contribution in [3.05, 3.63) is 65.2 Å². The van der Waals surface area contributed by atoms with Crippen LogP contribution in [0.5, 0.6) is 0 Å². The maximum Gasteiger partial charge on any atom is 0.234 e. The molecule has 0 saturated carbocycles. The Labute approximate surface area is 162 Å². The number of anilines is 1. The van der Waals surface area contributed by atoms with Crippen LogP contribution in [0.4, 0.5) is 10.1 Å². The van der Waals surface area contributed by atoms with Gasteiger partial charge in [0.25, 0.3) is 0 Å². The van der Waals surface area contributed by atoms with Gasteiger partial charge in [-0.05, 0) is 55.7 Å². The first-order valence-electron chi connectivity index (χ1n) is 8.68. The highest BCUT2D eigenvalue weighted by atomic mass is 32.2. The molecule has 140 valence electrons. The Morgan fingerprint density at radius 2 is 1.89 bits per heavy atom. The number of aromatic nitrogens is 3. The summed E-state index contributed by atoms with van der Waals surface area (Å²) >= 11 is 1.30. The van der Waals surface area contributed by atoms with Crippen LogP contribution in [0, 0.1) is 19.7 Å². The molecular weight excluding hydrogens is 363 g/mol. The average molecular weight is 384 g/mol. The van der Waals surface area contributed by atoms with Crippen molar-refractivity contribution in [1.29, 1.82) is 0 Å². The molecule has 0 aliphatic carbocycles. The number of nitrogens with one attached hydrogen (secondary N) is 1. The molecule has 1 amide bonds. The summed E-state index contributed by atoms with van der Waals surface area (Å²) in [5.74, 6) is 0.478. The van der Waals surface area contributed by atoms with Crippen LogP contribution < -0.4 is 5.32 Å². The number of hydrogen-bond donors (Lipinski definition) is 1. The number of benzene rings is 2. The number of aryl methyl sites for hydroxylation is 3. The van der Waals surface area contributed by atoms with Crippen LogP contribution in [0.25, 0.3) is 5.69 Å². The molecule has 7 heteroatoms. The standard InChI is InChI=1S/C20H21FN4OS/c1-4-15-7-5-6-13(2)19(15)22-18(26)12-27-20-24-23-14(3)25(20)17-10-8-16(21)9-11-17/h5-11H,4,12H2,1-3H3,(H,22,26). The van der Waals surface area contributed by atoms with E-state index in [1.54, 1.807) is 12.1 Å². The summed E-state index contributed by atoms with van der Waals surface area (Å²) in [6.45, 7) is 5.87. The van der Waals surface area contributed by atoms with Gasteiger partial charge in [0, 0.05) is 11.4 Å². The van der Waals surface area contributed by atoms with Crippen LogP contribution in [0.15, 0.2) is 47.6 Å². The first kappa shape index (κ1) is 19.1. The molecule has 0 saturated heterocycles. The number of amides is 1. The predicted octanol–water partition coefficient (Wildman–Crippen LogP) is 4.32. The van der Waals surface area contributed by atoms with Gasteiger partial charge in [0.2, 0.25) is 5.91 Å². The lowest BCUT2D eigenvalue weighted by Gasteiger charge is -2.13. The highest BCUT2D eigenvalue weighted by Gasteiger charge is 2.15. The number of carbonyl (C=O) groups excluding carboxylic acids is 1. The van der Waals surface area contributed by atoms with E-state index in [-0.39, 0.29) is 17.5 Å². The van der Waals surface area contributed by atoms with E-state index in [2.05, 4.69) is 22.4 Å². The molecule has 1 heterocycles. The molecule has 5 nitrogen and oxygen atoms in total. The van der Waals surface area contributed by atoms with Gasteiger partial charge < -0.3 is 5.32 Å². The summed E-state index contributed by atoms with van der Waals surface area (Å²) in [7, 11) is 0. The molecule has 0 bridgehead atoms. The predicted molar refractivity (Wildman–Crippen MR) is 106 cm³/mol. The van der Waals surface area contributed by atoms with Crippen molar-refractivity contribution in [2.75, 3.05) is 11.1 Å². The summed E-state index contributed by atoms with van der Waals surface area (Å²) in [6, 6.07) is 12.1. The zero-order valence-corrected chi connectivity index (χ0v) is 16.3. The SMILES string of the molecule is CCc1cccc(C)c1NC(=O)CSc1nnc(C)n1-c1ccc(F)cc1. The highest BCUT2D eigenvalue weighted by Crippen LogP contribution is 2.24. The number of carbonyl (C=O) groups is 1. The third-order valence-electron chi connectivity index (χ3n) is 4.22. The Hall–Kier alpha value is -2.67. The van der Waals surface area contributed by atoms with E-state index in [0.29, 0.717) is 11.0 Å². The van der Waals surface area contributed by atoms with Crippen molar-refractivity contribution >= 4 is 23.4 Å². The third kappa shape index (κ3) is 4.36. The largest absolute Gasteiger partial charge is 0.325 e. The minimum absolute atomic E-state index is 0.102. The summed E-state index contributed by atoms with van der Waals surface area (Å²) in [5.41, 5.74) is 3.78. The van der Waals surface area contributed by atoms with Gasteiger partial charge in [0.15, 0.2) is 5.16 Å². The lowest BCUT2D eigenvalue weighted by Crippen LogP contribution is -2.16. The van der Waals surface area contributed by atoms with Gasteiger partial charge in [0.05, 0.1) is 5.75 Å². The molecule has 0 spiro atoms. The second-order valence-electron chi connectivity index (χ2n) is 6.14. The van der Waals surface area contributed by atoms with E-state index < -0.39 is 0 Å². The summed E-state index contributed by atoms with van der Waals surface area (Å²) in [5, 5.41) is 11.8. The molecule has 0 radical (unpaired) electrons. The van der Waals surface area contributed by atoms with Crippen molar-refractivity contribution < 1.29 is 9.18 Å². The van der Waals surface area contributed by atoms with Crippen LogP contribution in [-0.4, -0.2) is 26.4 Å². The number of hydrogen-bond acceptors (Lipinski definition) is 4. The van der Waals surface area contributed by atoms with E-state index in [4.69, 9.17) is 0 Å². The van der Waals surface area contributed by atoms with Gasteiger partial charge in [-0.2, -0.15) is 0 Å². The van der Waals surface area contributed by atoms with Crippen LogP contribution >= 0.6 is 11.8 Å². The van der Waals surface area contributed by atoms with Gasteiger partial charge in [0.1, 0.15) is 11.6 Å². The molecular formula is C20H21FN4OS. The molecule has 0 atom stereocenters. The highest BCUT2D eigenvalue weighted by molar-refractivity contribution is 7.99. The molecule has 0 aliphatic rings. The number of thioether (sulfide) groups is 1. The van der Waals surface area contributed by atoms with Crippen LogP contribution in [-0.2, 0) is 11.2 Å². The van der Waals surface area contributed by atoms with Crippen LogP contribution in [0.3, 0.4) is 0 Å². The molecule has 3 aromatic rings. The topological polar surface area (TPSA) is 59.8 Å². The van der Waals surface area contributed by atoms with E-state index in [0.717, 1.165) is 28.9 Å². The molecule has 3 rings (SSSR count). The summed E-state index contributed by atoms with van der Waals surface area (Å²) < 4.78 is 15.0. The van der Waals surface area contributed by atoms with Crippen molar-refractivity contribution in [3.8, 4) is 5.69 Å². The normalized spacial score (nSPS) is 10.8. The Bertz CT molecular complexity index is 953. The molecule has 1 N–H and O–H groups in total. The number of rotatable bonds is 6. The van der Waals surface area contributed by atoms with E-state index >= 15 is 0 Å². The van der Waals surface area contributed by atoms with E-state index in [9.17, 15) is 9.18 Å². The molecule has 0 fully saturated rings. The van der Waals surface area contributed by atoms with Crippen LogP contribution in [0.2, 0.25) is 0 Å². The minimum atomic E-state index is -0.303. The zero-order chi connectivity index (χ0) is 19.4. The monoisotopic (exact) mass is 384 g/mol. The lowest BCUT2D eigenvalue weighted by molar-refractivity contribution is -0.113. The Morgan fingerprint density at radius 3 is 2.59 bits per heavy atom. The van der Waals surface area contributed by atoms with Crippen molar-refractivity contribution in [2.45, 2.75) is 32.3 Å². The van der Waals surface area contributed by atoms with Gasteiger partial charge in [-0.1, -0.05) is 36.9 Å². The quantitative estimate of drug-likeness (QED) is 0.643. The average Bonchev–Trinajstić information content (AvgIpc) is 3.03. The summed E-state index contributed by atoms with van der Waals surface area (Å²) in [4.78, 5) is 12.5. The van der Waals surface area contributed by atoms with Crippen molar-refractivity contribution in [1.82, 2.24) is 14.8 Å². The van der Waals surface area contributed by atoms with Crippen LogP contribution in [0.1, 0.15) is 23.9 Å². The van der Waals surface area contributed by atoms with E-state index in [1.165, 1.54) is 23.9 Å². The fourth-order valence-electron chi connectivity index (χ4n) is 2.83. The second kappa shape index (κ2) is 8.35. The summed E-state index contributed by atoms with van der Waals surface area (Å²) in [6.07, 6.45) is 0.850. The Morgan fingerprint density at radius 1 is 1.15 bits per heavy atom. The van der Waals surface area contributed by atoms with Gasteiger partial charge >= 0.3 is 0 Å². The van der Waals surface area contributed by atoms with Crippen molar-refractivity contribution in [2.24, 2.45) is 0 Å². The molecule has 0 unspecified atom stereocenters. The fraction of sp³-hybridized carbons (Fsp3) is 0.250. The van der Waals surface area contributed by atoms with Crippen molar-refractivity contribution in [3.63, 3.8) is 0 Å². The van der Waals surface area contributed by atoms with E-state index in [1.807, 2.05) is 36.6 Å². The number of para-hydroxylation sites is 1. The Kier molecular flexibility index (Phi) is 5.91. The van der Waals surface area contributed by atoms with Gasteiger partial charge in [-0.15, -0.1) is 10.2 Å². The Balaban J connectivity index is 1.73. The minimum Gasteiger partial charge on any atom is -0.325 e. The molecule has 1 aromatic heterocycles. The smallest absolute Gasteiger partial charge is 0.234 e. The first-order chi connectivity index (χ1) is 13.0. The zero-order valence-electron chi connectivity index (χ0n) is 15.5. The number of nitrogens with zero attached hydrogens (tertiary/aromatic N) is 3. The van der Waals surface area contributed by atoms with Gasteiger partial charge in [-0.25, -0.2) is 4.39 Å². The maximum atomic E-state index is 13.2. The first-order valence-corrected chi connectivity index (χ1v) is 9.67. The fourth-order valence-corrected chi connectivity index (χ4v) is 3.63. The number of halogens is 1. The molecule has 0 aliphatic heterocycles. The third-order valence-corrected chi connectivity index (χ3v) is 5.15. The second-order valence-corrected chi connectivity index (χ2v) is 7.08. The molecule has 2 aromatic carbocycles. The molecule has 27 heavy (non-hydrogen) atoms. The maximum absolute atomic E-state index is 13.2.